The van der Waals surface area contributed by atoms with Gasteiger partial charge in [0.05, 0.1) is 11.9 Å². The lowest BCUT2D eigenvalue weighted by Crippen LogP contribution is -2.16. The number of benzene rings is 1. The molecule has 0 aliphatic rings. The molecule has 0 saturated carbocycles. The summed E-state index contributed by atoms with van der Waals surface area (Å²) in [6.45, 7) is 7.28. The van der Waals surface area contributed by atoms with Gasteiger partial charge in [-0.1, -0.05) is 45.4 Å². The van der Waals surface area contributed by atoms with E-state index in [1.54, 1.807) is 12.3 Å². The first kappa shape index (κ1) is 18.0. The van der Waals surface area contributed by atoms with E-state index in [1.807, 2.05) is 12.1 Å². The molecule has 4 heteroatoms. The van der Waals surface area contributed by atoms with E-state index in [0.29, 0.717) is 5.69 Å². The lowest BCUT2D eigenvalue weighted by molar-refractivity contribution is 0.102. The quantitative estimate of drug-likeness (QED) is 0.693. The van der Waals surface area contributed by atoms with Crippen LogP contribution in [0.15, 0.2) is 36.5 Å². The predicted octanol–water partition coefficient (Wildman–Crippen LogP) is 4.67. The van der Waals surface area contributed by atoms with Gasteiger partial charge in [-0.3, -0.25) is 4.79 Å². The largest absolute Gasteiger partial charge is 0.384 e. The van der Waals surface area contributed by atoms with Gasteiger partial charge in [0.2, 0.25) is 0 Å². The number of hydrogen-bond donors (Lipinski definition) is 2. The molecule has 128 valence electrons. The van der Waals surface area contributed by atoms with Crippen molar-refractivity contribution in [3.63, 3.8) is 0 Å². The number of carbonyl (C=O) groups is 1. The molecule has 4 nitrogen and oxygen atoms in total. The highest BCUT2D eigenvalue weighted by Crippen LogP contribution is 2.23. The lowest BCUT2D eigenvalue weighted by atomic mass is 10.0. The SMILES string of the molecule is CCCCNc1ccc(C(=O)Nc2c(CC)cccc2CC)nc1. The van der Waals surface area contributed by atoms with Crippen LogP contribution in [0.2, 0.25) is 0 Å². The van der Waals surface area contributed by atoms with Crippen LogP contribution in [0.4, 0.5) is 11.4 Å². The van der Waals surface area contributed by atoms with Crippen LogP contribution < -0.4 is 10.6 Å². The van der Waals surface area contributed by atoms with Crippen LogP contribution in [-0.4, -0.2) is 17.4 Å². The minimum atomic E-state index is -0.161. The zero-order valence-electron chi connectivity index (χ0n) is 14.9. The van der Waals surface area contributed by atoms with Gasteiger partial charge in [0.1, 0.15) is 5.69 Å². The normalized spacial score (nSPS) is 10.5. The van der Waals surface area contributed by atoms with Gasteiger partial charge in [0, 0.05) is 12.2 Å². The summed E-state index contributed by atoms with van der Waals surface area (Å²) in [6.07, 6.45) is 5.76. The molecule has 0 fully saturated rings. The predicted molar refractivity (Wildman–Crippen MR) is 101 cm³/mol. The molecule has 2 rings (SSSR count). The van der Waals surface area contributed by atoms with Crippen LogP contribution in [0.5, 0.6) is 0 Å². The summed E-state index contributed by atoms with van der Waals surface area (Å²) < 4.78 is 0. The van der Waals surface area contributed by atoms with Crippen LogP contribution in [-0.2, 0) is 12.8 Å². The third kappa shape index (κ3) is 4.57. The number of para-hydroxylation sites is 1. The van der Waals surface area contributed by atoms with Crippen LogP contribution in [0, 0.1) is 0 Å². The highest BCUT2D eigenvalue weighted by molar-refractivity contribution is 6.03. The first-order valence-corrected chi connectivity index (χ1v) is 8.81. The molecule has 0 saturated heterocycles. The van der Waals surface area contributed by atoms with E-state index in [1.165, 1.54) is 0 Å². The molecule has 2 aromatic rings. The number of hydrogen-bond acceptors (Lipinski definition) is 3. The molecule has 24 heavy (non-hydrogen) atoms. The van der Waals surface area contributed by atoms with Crippen molar-refractivity contribution < 1.29 is 4.79 Å². The van der Waals surface area contributed by atoms with Gasteiger partial charge in [0.25, 0.3) is 5.91 Å². The molecule has 1 aromatic carbocycles. The van der Waals surface area contributed by atoms with Crippen molar-refractivity contribution in [3.05, 3.63) is 53.3 Å². The van der Waals surface area contributed by atoms with Crippen LogP contribution in [0.3, 0.4) is 0 Å². The van der Waals surface area contributed by atoms with Crippen LogP contribution in [0.25, 0.3) is 0 Å². The summed E-state index contributed by atoms with van der Waals surface area (Å²) in [4.78, 5) is 16.8. The van der Waals surface area contributed by atoms with Gasteiger partial charge in [-0.15, -0.1) is 0 Å². The number of carbonyl (C=O) groups excluding carboxylic acids is 1. The summed E-state index contributed by atoms with van der Waals surface area (Å²) >= 11 is 0. The Bertz CT molecular complexity index is 643. The molecule has 2 N–H and O–H groups in total. The summed E-state index contributed by atoms with van der Waals surface area (Å²) in [7, 11) is 0. The Kier molecular flexibility index (Phi) is 6.79. The first-order valence-electron chi connectivity index (χ1n) is 8.81. The highest BCUT2D eigenvalue weighted by atomic mass is 16.1. The number of unbranched alkanes of at least 4 members (excludes halogenated alkanes) is 1. The van der Waals surface area contributed by atoms with Crippen LogP contribution >= 0.6 is 0 Å². The van der Waals surface area contributed by atoms with Gasteiger partial charge in [-0.2, -0.15) is 0 Å². The maximum absolute atomic E-state index is 12.5. The zero-order valence-corrected chi connectivity index (χ0v) is 14.9. The molecule has 1 heterocycles. The van der Waals surface area contributed by atoms with Gasteiger partial charge in [-0.25, -0.2) is 4.98 Å². The van der Waals surface area contributed by atoms with Gasteiger partial charge in [-0.05, 0) is 42.5 Å². The van der Waals surface area contributed by atoms with Crippen molar-refractivity contribution in [3.8, 4) is 0 Å². The van der Waals surface area contributed by atoms with E-state index in [9.17, 15) is 4.79 Å². The standard InChI is InChI=1S/C20H27N3O/c1-4-7-13-21-17-11-12-18(22-14-17)20(24)23-19-15(5-2)9-8-10-16(19)6-3/h8-12,14,21H,4-7,13H2,1-3H3,(H,23,24). The van der Waals surface area contributed by atoms with Crippen molar-refractivity contribution in [2.24, 2.45) is 0 Å². The highest BCUT2D eigenvalue weighted by Gasteiger charge is 2.12. The Morgan fingerprint density at radius 3 is 2.29 bits per heavy atom. The molecule has 0 aliphatic heterocycles. The summed E-state index contributed by atoms with van der Waals surface area (Å²) in [6, 6.07) is 9.84. The van der Waals surface area contributed by atoms with Crippen molar-refractivity contribution in [2.45, 2.75) is 46.5 Å². The molecule has 1 amide bonds. The molecule has 0 bridgehead atoms. The summed E-state index contributed by atoms with van der Waals surface area (Å²) in [5, 5.41) is 6.35. The fourth-order valence-electron chi connectivity index (χ4n) is 2.62. The van der Waals surface area contributed by atoms with E-state index >= 15 is 0 Å². The molecule has 0 aliphatic carbocycles. The summed E-state index contributed by atoms with van der Waals surface area (Å²) in [5.74, 6) is -0.161. The Balaban J connectivity index is 2.10. The number of anilines is 2. The molecule has 0 radical (unpaired) electrons. The van der Waals surface area contributed by atoms with E-state index in [-0.39, 0.29) is 5.91 Å². The van der Waals surface area contributed by atoms with Gasteiger partial charge in [0.15, 0.2) is 0 Å². The smallest absolute Gasteiger partial charge is 0.274 e. The minimum absolute atomic E-state index is 0.161. The number of pyridine rings is 1. The van der Waals surface area contributed by atoms with Gasteiger partial charge < -0.3 is 10.6 Å². The number of aryl methyl sites for hydroxylation is 2. The fraction of sp³-hybridized carbons (Fsp3) is 0.400. The molecule has 1 aromatic heterocycles. The van der Waals surface area contributed by atoms with Crippen LogP contribution in [0.1, 0.15) is 55.2 Å². The van der Waals surface area contributed by atoms with Crippen molar-refractivity contribution in [1.29, 1.82) is 0 Å². The molecule has 0 spiro atoms. The van der Waals surface area contributed by atoms with Crippen molar-refractivity contribution >= 4 is 17.3 Å². The number of nitrogens with zero attached hydrogens (tertiary/aromatic N) is 1. The second-order valence-corrected chi connectivity index (χ2v) is 5.82. The minimum Gasteiger partial charge on any atom is -0.384 e. The molecular weight excluding hydrogens is 298 g/mol. The fourth-order valence-corrected chi connectivity index (χ4v) is 2.62. The first-order chi connectivity index (χ1) is 11.7. The maximum Gasteiger partial charge on any atom is 0.274 e. The number of rotatable bonds is 8. The van der Waals surface area contributed by atoms with E-state index < -0.39 is 0 Å². The molecule has 0 unspecified atom stereocenters. The Morgan fingerprint density at radius 2 is 1.75 bits per heavy atom. The average molecular weight is 325 g/mol. The molecule has 0 atom stereocenters. The summed E-state index contributed by atoms with van der Waals surface area (Å²) in [5.41, 5.74) is 4.62. The third-order valence-electron chi connectivity index (χ3n) is 4.09. The Morgan fingerprint density at radius 1 is 1.04 bits per heavy atom. The Hall–Kier alpha value is -2.36. The topological polar surface area (TPSA) is 54.0 Å². The zero-order chi connectivity index (χ0) is 17.4. The van der Waals surface area contributed by atoms with E-state index in [4.69, 9.17) is 0 Å². The van der Waals surface area contributed by atoms with Crippen molar-refractivity contribution in [2.75, 3.05) is 17.2 Å². The third-order valence-corrected chi connectivity index (χ3v) is 4.09. The molecular formula is C20H27N3O. The second kappa shape index (κ2) is 9.06. The van der Waals surface area contributed by atoms with E-state index in [0.717, 1.165) is 54.7 Å². The lowest BCUT2D eigenvalue weighted by Gasteiger charge is -2.14. The number of aromatic nitrogens is 1. The number of nitrogens with one attached hydrogen (secondary N) is 2. The maximum atomic E-state index is 12.5. The average Bonchev–Trinajstić information content (AvgIpc) is 2.62. The van der Waals surface area contributed by atoms with Gasteiger partial charge >= 0.3 is 0 Å². The second-order valence-electron chi connectivity index (χ2n) is 5.82. The van der Waals surface area contributed by atoms with Crippen molar-refractivity contribution in [1.82, 2.24) is 4.98 Å². The Labute approximate surface area is 144 Å². The number of amides is 1. The van der Waals surface area contributed by atoms with E-state index in [2.05, 4.69) is 48.5 Å². The monoisotopic (exact) mass is 325 g/mol.